The summed E-state index contributed by atoms with van der Waals surface area (Å²) in [6.45, 7) is 32.7. The van der Waals surface area contributed by atoms with Gasteiger partial charge < -0.3 is 33.9 Å². The molecule has 6 atom stereocenters. The van der Waals surface area contributed by atoms with Crippen LogP contribution in [0, 0.1) is 35.0 Å². The van der Waals surface area contributed by atoms with Crippen molar-refractivity contribution in [1.29, 1.82) is 5.26 Å². The average Bonchev–Trinajstić information content (AvgIpc) is 1.67. The summed E-state index contributed by atoms with van der Waals surface area (Å²) in [5.74, 6) is 5.30. The molecule has 4 aliphatic rings. The molecule has 0 amide bonds. The van der Waals surface area contributed by atoms with Gasteiger partial charge in [-0.15, -0.1) is 0 Å². The minimum atomic E-state index is -1.27. The first-order chi connectivity index (χ1) is 46.5. The van der Waals surface area contributed by atoms with Crippen molar-refractivity contribution in [2.24, 2.45) is 23.7 Å². The van der Waals surface area contributed by atoms with Crippen LogP contribution in [0.4, 0.5) is 11.6 Å². The lowest BCUT2D eigenvalue weighted by atomic mass is 9.78. The van der Waals surface area contributed by atoms with E-state index in [0.717, 1.165) is 164 Å². The van der Waals surface area contributed by atoms with Gasteiger partial charge in [-0.2, -0.15) is 24.5 Å². The van der Waals surface area contributed by atoms with Crippen LogP contribution in [0.2, 0.25) is 103 Å². The van der Waals surface area contributed by atoms with E-state index in [1.807, 2.05) is 70.2 Å². The van der Waals surface area contributed by atoms with E-state index < -0.39 is 32.3 Å². The van der Waals surface area contributed by atoms with Crippen LogP contribution in [-0.4, -0.2) is 130 Å². The summed E-state index contributed by atoms with van der Waals surface area (Å²) in [7, 11) is -5.08. The van der Waals surface area contributed by atoms with E-state index in [4.69, 9.17) is 49.1 Å². The van der Waals surface area contributed by atoms with E-state index in [1.54, 1.807) is 0 Å². The Hall–Kier alpha value is -6.26. The van der Waals surface area contributed by atoms with Crippen molar-refractivity contribution in [3.8, 4) is 50.8 Å². The molecule has 4 fully saturated rings. The number of aliphatic hydroxyl groups excluding tert-OH is 1. The number of hydrogen-bond acceptors (Lipinski definition) is 14. The number of aromatic nitrogens is 8. The molecule has 6 heterocycles. The van der Waals surface area contributed by atoms with Gasteiger partial charge in [-0.25, -0.2) is 9.97 Å². The van der Waals surface area contributed by atoms with Crippen LogP contribution < -0.4 is 9.80 Å². The zero-order chi connectivity index (χ0) is 68.5. The number of aliphatic hydroxyl groups is 1. The second-order valence-electron chi connectivity index (χ2n) is 33.2. The molecule has 16 nitrogen and oxygen atoms in total. The van der Waals surface area contributed by atoms with E-state index in [0.29, 0.717) is 65.2 Å². The molecule has 0 spiro atoms. The first kappa shape index (κ1) is 72.0. The van der Waals surface area contributed by atoms with E-state index in [9.17, 15) is 10.4 Å². The molecule has 6 aromatic heterocycles. The van der Waals surface area contributed by atoms with Crippen molar-refractivity contribution < 1.29 is 24.1 Å². The Kier molecular flexibility index (Phi) is 23.7. The van der Waals surface area contributed by atoms with Gasteiger partial charge in [0.25, 0.3) is 0 Å². The summed E-state index contributed by atoms with van der Waals surface area (Å²) >= 11 is 0. The summed E-state index contributed by atoms with van der Waals surface area (Å²) < 4.78 is 29.5. The van der Waals surface area contributed by atoms with Crippen molar-refractivity contribution in [2.75, 3.05) is 63.2 Å². The number of benzene rings is 2. The predicted octanol–water partition coefficient (Wildman–Crippen LogP) is 17.9. The third-order valence-electron chi connectivity index (χ3n) is 20.3. The summed E-state index contributed by atoms with van der Waals surface area (Å²) in [4.78, 5) is 24.8. The fraction of sp³-hybridized carbons (Fsp3) is 0.545. The average molecular weight is 1380 g/mol. The van der Waals surface area contributed by atoms with Crippen LogP contribution >= 0.6 is 0 Å². The molecule has 2 aromatic carbocycles. The number of anilines is 2. The lowest BCUT2D eigenvalue weighted by molar-refractivity contribution is 0.0936. The van der Waals surface area contributed by atoms with Crippen LogP contribution in [0.3, 0.4) is 0 Å². The highest BCUT2D eigenvalue weighted by Crippen LogP contribution is 2.51. The predicted molar refractivity (Wildman–Crippen MR) is 405 cm³/mol. The van der Waals surface area contributed by atoms with Gasteiger partial charge >= 0.3 is 0 Å². The summed E-state index contributed by atoms with van der Waals surface area (Å²) in [5, 5.41) is 31.3. The number of rotatable bonds is 30. The maximum absolute atomic E-state index is 11.1. The Morgan fingerprint density at radius 3 is 1.12 bits per heavy atom. The zero-order valence-corrected chi connectivity index (χ0v) is 64.3. The van der Waals surface area contributed by atoms with Crippen molar-refractivity contribution in [3.05, 3.63) is 132 Å². The third kappa shape index (κ3) is 19.0. The molecule has 0 saturated heterocycles. The molecule has 12 rings (SSSR count). The second kappa shape index (κ2) is 31.9. The number of hydrogen-bond donors (Lipinski definition) is 1. The molecule has 20 heteroatoms. The van der Waals surface area contributed by atoms with Gasteiger partial charge in [0.2, 0.25) is 0 Å². The van der Waals surface area contributed by atoms with E-state index in [1.165, 1.54) is 38.5 Å². The SMILES string of the molecule is C[Si](C)(C)CCOCN(COCC[Si](C)(C)C)c1c(CC#N)c(C2C[C@H]3CC[C@@H](C2)C3)nc2c(-c3ccc(-c4ccccc4)nc3)cnn12.C[Si](C)(C)CCOCN(COCC[Si](C)(C)C)c1c(CO)c(C2C[C@H]3CC[C@@H](C2)C3)nc2c(-c3ccc(-c4ccccc4)nc3)cnn12. The maximum Gasteiger partial charge on any atom is 0.165 e. The molecule has 4 saturated carbocycles. The van der Waals surface area contributed by atoms with Crippen LogP contribution in [0.1, 0.15) is 98.6 Å². The zero-order valence-electron chi connectivity index (χ0n) is 60.3. The highest BCUT2D eigenvalue weighted by Gasteiger charge is 2.40. The molecular weight excluding hydrogens is 1270 g/mol. The first-order valence-electron chi connectivity index (χ1n) is 36.1. The topological polar surface area (TPSA) is 174 Å². The van der Waals surface area contributed by atoms with Crippen LogP contribution in [0.25, 0.3) is 56.1 Å². The van der Waals surface area contributed by atoms with Gasteiger partial charge in [0.1, 0.15) is 38.6 Å². The van der Waals surface area contributed by atoms with E-state index >= 15 is 0 Å². The minimum absolute atomic E-state index is 0.109. The lowest BCUT2D eigenvalue weighted by Gasteiger charge is -2.32. The van der Waals surface area contributed by atoms with Crippen LogP contribution in [0.15, 0.2) is 110 Å². The molecule has 4 aliphatic carbocycles. The third-order valence-corrected chi connectivity index (χ3v) is 27.1. The largest absolute Gasteiger partial charge is 0.391 e. The quantitative estimate of drug-likeness (QED) is 0.0256. The fourth-order valence-electron chi connectivity index (χ4n) is 14.8. The number of nitrogens with zero attached hydrogens (tertiary/aromatic N) is 11. The van der Waals surface area contributed by atoms with Crippen LogP contribution in [0.5, 0.6) is 0 Å². The standard InChI is InChI=1S/C39H54N6O2Si2.C38H55N5O3Si2/c1-48(2,3)20-18-46-27-44(28-47-19-21-49(4,5)6)39-34(16-17-40)37(33-23-29-12-13-30(22-29)24-33)43-38-35(26-42-45(38)39)32-14-15-36(41-25-32)31-10-8-7-9-11-31;1-47(2,3)18-16-45-26-42(27-46-17-19-48(4,5)6)38-34(25-44)36(32-21-28-12-13-29(20-28)22-32)41-37-33(24-40-43(37)38)31-14-15-35(39-23-31)30-10-8-7-9-11-30/h7-11,14-15,25-26,29-30,33H,12-13,16,18-24,27-28H2,1-6H3;7-11,14-15,23-24,28-29,32,44H,12-13,16-22,25-27H2,1-6H3/t29-,30+,33?;28-,29+,32?. The second-order valence-corrected chi connectivity index (χ2v) is 55.7. The summed E-state index contributed by atoms with van der Waals surface area (Å²) in [5.41, 5.74) is 13.3. The Balaban J connectivity index is 0.000000197. The minimum Gasteiger partial charge on any atom is -0.391 e. The van der Waals surface area contributed by atoms with Crippen molar-refractivity contribution >= 4 is 55.2 Å². The van der Waals surface area contributed by atoms with Gasteiger partial charge in [-0.05, 0) is 98.5 Å². The highest BCUT2D eigenvalue weighted by atomic mass is 28.3. The normalized spacial score (nSPS) is 19.5. The summed E-state index contributed by atoms with van der Waals surface area (Å²) in [6.07, 6.45) is 20.4. The van der Waals surface area contributed by atoms with E-state index in [2.05, 4.69) is 143 Å². The number of nitriles is 1. The first-order valence-corrected chi connectivity index (χ1v) is 50.9. The molecule has 2 unspecified atom stereocenters. The molecule has 8 aromatic rings. The Labute approximate surface area is 582 Å². The van der Waals surface area contributed by atoms with E-state index in [-0.39, 0.29) is 13.0 Å². The molecule has 518 valence electrons. The highest BCUT2D eigenvalue weighted by molar-refractivity contribution is 6.77. The van der Waals surface area contributed by atoms with Crippen LogP contribution in [-0.2, 0) is 32.0 Å². The molecule has 0 aliphatic heterocycles. The number of pyridine rings is 2. The molecule has 0 radical (unpaired) electrons. The molecule has 4 bridgehead atoms. The monoisotopic (exact) mass is 1380 g/mol. The number of ether oxygens (including phenoxy) is 4. The Morgan fingerprint density at radius 2 is 0.804 bits per heavy atom. The van der Waals surface area contributed by atoms with Crippen molar-refractivity contribution in [3.63, 3.8) is 0 Å². The molecule has 1 N–H and O–H groups in total. The smallest absolute Gasteiger partial charge is 0.165 e. The van der Waals surface area contributed by atoms with Gasteiger partial charge in [0.05, 0.1) is 54.3 Å². The fourth-order valence-corrected chi connectivity index (χ4v) is 17.9. The van der Waals surface area contributed by atoms with Gasteiger partial charge in [-0.1, -0.05) is 177 Å². The van der Waals surface area contributed by atoms with Gasteiger partial charge in [-0.3, -0.25) is 9.97 Å². The van der Waals surface area contributed by atoms with Gasteiger partial charge in [0.15, 0.2) is 11.3 Å². The maximum atomic E-state index is 11.1. The van der Waals surface area contributed by atoms with Crippen molar-refractivity contribution in [2.45, 2.75) is 192 Å². The Morgan fingerprint density at radius 1 is 0.454 bits per heavy atom. The van der Waals surface area contributed by atoms with Crippen molar-refractivity contribution in [1.82, 2.24) is 39.2 Å². The Bertz CT molecular complexity index is 3830. The number of fused-ring (bicyclic) bond motifs is 6. The molecular formula is C77H109N11O5Si4. The van der Waals surface area contributed by atoms with Gasteiger partial charge in [0, 0.05) is 127 Å². The summed E-state index contributed by atoms with van der Waals surface area (Å²) in [6, 6.07) is 35.7. The lowest BCUT2D eigenvalue weighted by Crippen LogP contribution is -2.34. The molecule has 97 heavy (non-hydrogen) atoms.